The third kappa shape index (κ3) is 8.45. The number of aliphatic hydroxyl groups is 1. The normalized spacial score (nSPS) is 11.5. The molecule has 150 valence electrons. The van der Waals surface area contributed by atoms with Crippen LogP contribution in [0.15, 0.2) is 48.5 Å². The van der Waals surface area contributed by atoms with Crippen LogP contribution in [0.1, 0.15) is 11.1 Å². The number of thioether (sulfide) groups is 1. The molecule has 0 saturated heterocycles. The van der Waals surface area contributed by atoms with E-state index in [0.29, 0.717) is 5.75 Å². The molecule has 0 spiro atoms. The summed E-state index contributed by atoms with van der Waals surface area (Å²) in [4.78, 5) is 23.7. The van der Waals surface area contributed by atoms with Crippen molar-refractivity contribution in [2.24, 2.45) is 0 Å². The topological polar surface area (TPSA) is 87.7 Å². The van der Waals surface area contributed by atoms with Crippen molar-refractivity contribution in [1.29, 1.82) is 0 Å². The van der Waals surface area contributed by atoms with Gasteiger partial charge < -0.3 is 20.5 Å². The molecule has 0 bridgehead atoms. The second kappa shape index (κ2) is 11.4. The van der Waals surface area contributed by atoms with Gasteiger partial charge in [-0.3, -0.25) is 9.59 Å². The molecular formula is C21H26N2O4S. The predicted molar refractivity (Wildman–Crippen MR) is 113 cm³/mol. The standard InChI is InChI=1S/C21H26N2O4S/c1-15-5-3-7-17(9-15)23-21(26)14-28-13-20(25)22-11-18(24)12-27-19-8-4-6-16(2)10-19/h3-10,18,24H,11-14H2,1-2H3,(H,22,25)(H,23,26). The highest BCUT2D eigenvalue weighted by atomic mass is 32.2. The third-order valence-corrected chi connectivity index (χ3v) is 4.67. The molecule has 2 amide bonds. The summed E-state index contributed by atoms with van der Waals surface area (Å²) in [7, 11) is 0. The lowest BCUT2D eigenvalue weighted by Gasteiger charge is -2.13. The maximum Gasteiger partial charge on any atom is 0.234 e. The van der Waals surface area contributed by atoms with Crippen molar-refractivity contribution in [3.63, 3.8) is 0 Å². The number of ether oxygens (including phenoxy) is 1. The van der Waals surface area contributed by atoms with E-state index < -0.39 is 6.10 Å². The third-order valence-electron chi connectivity index (χ3n) is 3.73. The summed E-state index contributed by atoms with van der Waals surface area (Å²) in [5, 5.41) is 15.4. The minimum Gasteiger partial charge on any atom is -0.491 e. The van der Waals surface area contributed by atoms with E-state index in [0.717, 1.165) is 16.8 Å². The molecule has 0 radical (unpaired) electrons. The zero-order valence-electron chi connectivity index (χ0n) is 16.1. The first-order valence-corrected chi connectivity index (χ1v) is 10.2. The van der Waals surface area contributed by atoms with Gasteiger partial charge in [-0.1, -0.05) is 24.3 Å². The summed E-state index contributed by atoms with van der Waals surface area (Å²) in [5.74, 6) is 0.617. The van der Waals surface area contributed by atoms with Crippen LogP contribution >= 0.6 is 11.8 Å². The van der Waals surface area contributed by atoms with Crippen molar-refractivity contribution in [2.45, 2.75) is 20.0 Å². The fraction of sp³-hybridized carbons (Fsp3) is 0.333. The lowest BCUT2D eigenvalue weighted by Crippen LogP contribution is -2.36. The Labute approximate surface area is 169 Å². The first-order chi connectivity index (χ1) is 13.4. The Morgan fingerprint density at radius 1 is 1.04 bits per heavy atom. The van der Waals surface area contributed by atoms with Gasteiger partial charge in [-0.25, -0.2) is 0 Å². The molecular weight excluding hydrogens is 376 g/mol. The first kappa shape index (κ1) is 21.8. The van der Waals surface area contributed by atoms with E-state index in [4.69, 9.17) is 4.74 Å². The number of nitrogens with one attached hydrogen (secondary N) is 2. The van der Waals surface area contributed by atoms with Crippen molar-refractivity contribution >= 4 is 29.3 Å². The van der Waals surface area contributed by atoms with Crippen molar-refractivity contribution in [1.82, 2.24) is 5.32 Å². The van der Waals surface area contributed by atoms with Crippen LogP contribution in [0.2, 0.25) is 0 Å². The number of hydrogen-bond acceptors (Lipinski definition) is 5. The zero-order chi connectivity index (χ0) is 20.4. The lowest BCUT2D eigenvalue weighted by molar-refractivity contribution is -0.119. The second-order valence-electron chi connectivity index (χ2n) is 6.50. The summed E-state index contributed by atoms with van der Waals surface area (Å²) in [5.41, 5.74) is 2.88. The van der Waals surface area contributed by atoms with Crippen molar-refractivity contribution in [2.75, 3.05) is 30.0 Å². The van der Waals surface area contributed by atoms with Crippen molar-refractivity contribution in [3.8, 4) is 5.75 Å². The maximum atomic E-state index is 11.9. The van der Waals surface area contributed by atoms with Crippen molar-refractivity contribution in [3.05, 3.63) is 59.7 Å². The fourth-order valence-electron chi connectivity index (χ4n) is 2.40. The highest BCUT2D eigenvalue weighted by molar-refractivity contribution is 8.00. The first-order valence-electron chi connectivity index (χ1n) is 9.01. The molecule has 28 heavy (non-hydrogen) atoms. The Hall–Kier alpha value is -2.51. The Morgan fingerprint density at radius 2 is 1.71 bits per heavy atom. The fourth-order valence-corrected chi connectivity index (χ4v) is 3.04. The monoisotopic (exact) mass is 402 g/mol. The zero-order valence-corrected chi connectivity index (χ0v) is 16.9. The molecule has 3 N–H and O–H groups in total. The van der Waals surface area contributed by atoms with E-state index in [1.165, 1.54) is 11.8 Å². The van der Waals surface area contributed by atoms with Gasteiger partial charge in [0.1, 0.15) is 18.5 Å². The molecule has 1 atom stereocenters. The Bertz CT molecular complexity index is 797. The number of aryl methyl sites for hydroxylation is 2. The lowest BCUT2D eigenvalue weighted by atomic mass is 10.2. The number of anilines is 1. The summed E-state index contributed by atoms with van der Waals surface area (Å²) in [6.45, 7) is 4.11. The molecule has 0 aliphatic rings. The Balaban J connectivity index is 1.58. The van der Waals surface area contributed by atoms with E-state index in [2.05, 4.69) is 10.6 Å². The average Bonchev–Trinajstić information content (AvgIpc) is 2.65. The van der Waals surface area contributed by atoms with Crippen LogP contribution in [0.4, 0.5) is 5.69 Å². The van der Waals surface area contributed by atoms with Crippen molar-refractivity contribution < 1.29 is 19.4 Å². The van der Waals surface area contributed by atoms with Gasteiger partial charge in [0.2, 0.25) is 11.8 Å². The summed E-state index contributed by atoms with van der Waals surface area (Å²) >= 11 is 1.22. The SMILES string of the molecule is Cc1cccc(NC(=O)CSCC(=O)NCC(O)COc2cccc(C)c2)c1. The van der Waals surface area contributed by atoms with Gasteiger partial charge in [0.25, 0.3) is 0 Å². The average molecular weight is 403 g/mol. The molecule has 2 aromatic rings. The Kier molecular flexibility index (Phi) is 8.84. The predicted octanol–water partition coefficient (Wildman–Crippen LogP) is 2.53. The van der Waals surface area contributed by atoms with Gasteiger partial charge in [-0.05, 0) is 49.2 Å². The molecule has 6 nitrogen and oxygen atoms in total. The molecule has 1 unspecified atom stereocenters. The molecule has 7 heteroatoms. The van der Waals surface area contributed by atoms with E-state index in [1.807, 2.05) is 62.4 Å². The van der Waals surface area contributed by atoms with Gasteiger partial charge in [0, 0.05) is 12.2 Å². The summed E-state index contributed by atoms with van der Waals surface area (Å²) in [6, 6.07) is 15.1. The smallest absolute Gasteiger partial charge is 0.234 e. The molecule has 0 heterocycles. The van der Waals surface area contributed by atoms with Crippen LogP contribution in [0.5, 0.6) is 5.75 Å². The van der Waals surface area contributed by atoms with E-state index >= 15 is 0 Å². The van der Waals surface area contributed by atoms with Gasteiger partial charge in [-0.2, -0.15) is 0 Å². The molecule has 0 saturated carbocycles. The highest BCUT2D eigenvalue weighted by Crippen LogP contribution is 2.12. The van der Waals surface area contributed by atoms with Crippen LogP contribution in [-0.4, -0.2) is 47.7 Å². The van der Waals surface area contributed by atoms with Crippen LogP contribution in [-0.2, 0) is 9.59 Å². The number of aliphatic hydroxyl groups excluding tert-OH is 1. The summed E-state index contributed by atoms with van der Waals surface area (Å²) < 4.78 is 5.50. The van der Waals surface area contributed by atoms with Crippen LogP contribution in [0.3, 0.4) is 0 Å². The van der Waals surface area contributed by atoms with Gasteiger partial charge in [-0.15, -0.1) is 11.8 Å². The molecule has 0 aliphatic heterocycles. The van der Waals surface area contributed by atoms with Crippen LogP contribution in [0.25, 0.3) is 0 Å². The molecule has 0 aliphatic carbocycles. The molecule has 0 fully saturated rings. The number of carbonyl (C=O) groups is 2. The van der Waals surface area contributed by atoms with Gasteiger partial charge >= 0.3 is 0 Å². The maximum absolute atomic E-state index is 11.9. The Morgan fingerprint density at radius 3 is 2.43 bits per heavy atom. The van der Waals surface area contributed by atoms with E-state index in [9.17, 15) is 14.7 Å². The number of benzene rings is 2. The number of carbonyl (C=O) groups excluding carboxylic acids is 2. The number of amides is 2. The second-order valence-corrected chi connectivity index (χ2v) is 7.48. The minimum atomic E-state index is -0.806. The molecule has 0 aromatic heterocycles. The highest BCUT2D eigenvalue weighted by Gasteiger charge is 2.10. The molecule has 2 rings (SSSR count). The van der Waals surface area contributed by atoms with Crippen LogP contribution < -0.4 is 15.4 Å². The van der Waals surface area contributed by atoms with E-state index in [-0.39, 0.29) is 36.5 Å². The number of rotatable bonds is 10. The van der Waals surface area contributed by atoms with Crippen LogP contribution in [0, 0.1) is 13.8 Å². The molecule has 2 aromatic carbocycles. The largest absolute Gasteiger partial charge is 0.491 e. The van der Waals surface area contributed by atoms with Gasteiger partial charge in [0.15, 0.2) is 0 Å². The van der Waals surface area contributed by atoms with Gasteiger partial charge in [0.05, 0.1) is 11.5 Å². The van der Waals surface area contributed by atoms with E-state index in [1.54, 1.807) is 0 Å². The minimum absolute atomic E-state index is 0.0930. The quantitative estimate of drug-likeness (QED) is 0.568. The number of hydrogen-bond donors (Lipinski definition) is 3. The summed E-state index contributed by atoms with van der Waals surface area (Å²) in [6.07, 6.45) is -0.806.